The zero-order chi connectivity index (χ0) is 23.6. The lowest BCUT2D eigenvalue weighted by Gasteiger charge is -2.17. The zero-order valence-corrected chi connectivity index (χ0v) is 18.0. The number of anilines is 1. The summed E-state index contributed by atoms with van der Waals surface area (Å²) in [6.07, 6.45) is -4.40. The summed E-state index contributed by atoms with van der Waals surface area (Å²) < 4.78 is 42.6. The first-order chi connectivity index (χ1) is 15.2. The van der Waals surface area contributed by atoms with Crippen LogP contribution in [0.2, 0.25) is 0 Å². The van der Waals surface area contributed by atoms with E-state index in [9.17, 15) is 18.0 Å². The molecule has 7 heteroatoms. The highest BCUT2D eigenvalue weighted by atomic mass is 19.4. The Hall–Kier alpha value is -3.32. The van der Waals surface area contributed by atoms with E-state index < -0.39 is 23.6 Å². The summed E-state index contributed by atoms with van der Waals surface area (Å²) in [4.78, 5) is 11.9. The van der Waals surface area contributed by atoms with E-state index in [1.54, 1.807) is 0 Å². The summed E-state index contributed by atoms with van der Waals surface area (Å²) in [5.74, 6) is -1.20. The number of hydrogen-bond acceptors (Lipinski definition) is 4. The minimum Gasteiger partial charge on any atom is -0.468 e. The topological polar surface area (TPSA) is 64.3 Å². The molecular weight excluding hydrogens is 417 g/mol. The number of rotatable bonds is 6. The molecule has 3 aromatic carbocycles. The standard InChI is InChI=1S/C17H16F3NO2.C8H11N/c1-23-16(22)15(11-21-14-5-3-2-4-6-14)12-7-9-13(10-8-12)17(18,19)20;1-7(9)8-5-3-2-4-6-8/h2-10,15,21H,11H2,1H3;2-7H,9H2,1H3. The van der Waals surface area contributed by atoms with Gasteiger partial charge in [-0.05, 0) is 42.3 Å². The number of hydrogen-bond donors (Lipinski definition) is 2. The summed E-state index contributed by atoms with van der Waals surface area (Å²) >= 11 is 0. The molecule has 3 N–H and O–H groups in total. The molecule has 0 aliphatic carbocycles. The van der Waals surface area contributed by atoms with Gasteiger partial charge >= 0.3 is 12.1 Å². The molecule has 0 bridgehead atoms. The number of ether oxygens (including phenoxy) is 1. The van der Waals surface area contributed by atoms with E-state index in [1.165, 1.54) is 24.8 Å². The van der Waals surface area contributed by atoms with Crippen molar-refractivity contribution in [2.75, 3.05) is 19.0 Å². The van der Waals surface area contributed by atoms with E-state index >= 15 is 0 Å². The van der Waals surface area contributed by atoms with Crippen molar-refractivity contribution in [1.29, 1.82) is 0 Å². The molecule has 0 spiro atoms. The van der Waals surface area contributed by atoms with Crippen LogP contribution in [0, 0.1) is 0 Å². The van der Waals surface area contributed by atoms with Gasteiger partial charge < -0.3 is 15.8 Å². The van der Waals surface area contributed by atoms with Gasteiger partial charge in [0.25, 0.3) is 0 Å². The van der Waals surface area contributed by atoms with Gasteiger partial charge in [0.2, 0.25) is 0 Å². The maximum Gasteiger partial charge on any atom is 0.416 e. The van der Waals surface area contributed by atoms with E-state index in [-0.39, 0.29) is 12.6 Å². The summed E-state index contributed by atoms with van der Waals surface area (Å²) in [6, 6.07) is 24.0. The lowest BCUT2D eigenvalue weighted by atomic mass is 9.97. The number of para-hydroxylation sites is 1. The molecular formula is C25H27F3N2O2. The van der Waals surface area contributed by atoms with Crippen molar-refractivity contribution in [3.63, 3.8) is 0 Å². The SMILES string of the molecule is CC(N)c1ccccc1.COC(=O)C(CNc1ccccc1)c1ccc(C(F)(F)F)cc1. The fourth-order valence-corrected chi connectivity index (χ4v) is 2.92. The number of benzene rings is 3. The van der Waals surface area contributed by atoms with Crippen LogP contribution in [0.15, 0.2) is 84.9 Å². The Bertz CT molecular complexity index is 944. The monoisotopic (exact) mass is 444 g/mol. The normalized spacial score (nSPS) is 12.7. The van der Waals surface area contributed by atoms with Crippen LogP contribution in [0.5, 0.6) is 0 Å². The maximum absolute atomic E-state index is 12.6. The molecule has 0 aliphatic rings. The van der Waals surface area contributed by atoms with Crippen molar-refractivity contribution in [3.05, 3.63) is 102 Å². The fraction of sp³-hybridized carbons (Fsp3) is 0.240. The van der Waals surface area contributed by atoms with E-state index in [1.807, 2.05) is 67.6 Å². The van der Waals surface area contributed by atoms with E-state index in [4.69, 9.17) is 10.5 Å². The highest BCUT2D eigenvalue weighted by Crippen LogP contribution is 2.30. The first kappa shape index (κ1) is 24.9. The smallest absolute Gasteiger partial charge is 0.416 e. The second-order valence-corrected chi connectivity index (χ2v) is 7.14. The molecule has 4 nitrogen and oxygen atoms in total. The van der Waals surface area contributed by atoms with Gasteiger partial charge in [-0.2, -0.15) is 13.2 Å². The molecule has 2 unspecified atom stereocenters. The Morgan fingerprint density at radius 3 is 1.88 bits per heavy atom. The van der Waals surface area contributed by atoms with Gasteiger partial charge in [0, 0.05) is 18.3 Å². The Kier molecular flexibility index (Phi) is 9.28. The van der Waals surface area contributed by atoms with Crippen molar-refractivity contribution in [3.8, 4) is 0 Å². The molecule has 0 amide bonds. The van der Waals surface area contributed by atoms with Crippen LogP contribution in [0.1, 0.15) is 35.6 Å². The average molecular weight is 444 g/mol. The van der Waals surface area contributed by atoms with Crippen molar-refractivity contribution >= 4 is 11.7 Å². The van der Waals surface area contributed by atoms with Crippen LogP contribution in [-0.4, -0.2) is 19.6 Å². The molecule has 2 atom stereocenters. The van der Waals surface area contributed by atoms with E-state index in [0.29, 0.717) is 5.56 Å². The lowest BCUT2D eigenvalue weighted by molar-refractivity contribution is -0.142. The number of nitrogens with two attached hydrogens (primary N) is 1. The number of methoxy groups -OCH3 is 1. The Balaban J connectivity index is 0.000000336. The molecule has 3 rings (SSSR count). The largest absolute Gasteiger partial charge is 0.468 e. The van der Waals surface area contributed by atoms with Crippen molar-refractivity contribution < 1.29 is 22.7 Å². The Morgan fingerprint density at radius 2 is 1.44 bits per heavy atom. The summed E-state index contributed by atoms with van der Waals surface area (Å²) in [7, 11) is 1.25. The second kappa shape index (κ2) is 11.9. The number of esters is 1. The van der Waals surface area contributed by atoms with E-state index in [0.717, 1.165) is 17.8 Å². The third kappa shape index (κ3) is 7.74. The molecule has 0 aromatic heterocycles. The third-order valence-electron chi connectivity index (χ3n) is 4.74. The second-order valence-electron chi connectivity index (χ2n) is 7.14. The number of nitrogens with one attached hydrogen (secondary N) is 1. The van der Waals surface area contributed by atoms with Gasteiger partial charge in [-0.15, -0.1) is 0 Å². The van der Waals surface area contributed by atoms with Crippen LogP contribution in [0.3, 0.4) is 0 Å². The summed E-state index contributed by atoms with van der Waals surface area (Å²) in [5, 5.41) is 3.08. The van der Waals surface area contributed by atoms with E-state index in [2.05, 4.69) is 5.32 Å². The van der Waals surface area contributed by atoms with Gasteiger partial charge in [0.05, 0.1) is 18.6 Å². The average Bonchev–Trinajstić information content (AvgIpc) is 2.80. The van der Waals surface area contributed by atoms with Crippen LogP contribution in [0.4, 0.5) is 18.9 Å². The Labute approximate surface area is 186 Å². The van der Waals surface area contributed by atoms with Crippen LogP contribution < -0.4 is 11.1 Å². The summed E-state index contributed by atoms with van der Waals surface area (Å²) in [6.45, 7) is 2.21. The molecule has 3 aromatic rings. The number of carbonyl (C=O) groups excluding carboxylic acids is 1. The third-order valence-corrected chi connectivity index (χ3v) is 4.74. The number of halogens is 3. The van der Waals surface area contributed by atoms with Crippen molar-refractivity contribution in [1.82, 2.24) is 0 Å². The molecule has 0 saturated carbocycles. The van der Waals surface area contributed by atoms with Crippen LogP contribution in [-0.2, 0) is 15.7 Å². The minimum atomic E-state index is -4.40. The van der Waals surface area contributed by atoms with Gasteiger partial charge in [0.15, 0.2) is 0 Å². The predicted octanol–water partition coefficient (Wildman–Crippen LogP) is 5.78. The molecule has 170 valence electrons. The van der Waals surface area contributed by atoms with Gasteiger partial charge in [-0.1, -0.05) is 60.7 Å². The van der Waals surface area contributed by atoms with Gasteiger partial charge in [-0.3, -0.25) is 4.79 Å². The highest BCUT2D eigenvalue weighted by Gasteiger charge is 2.31. The predicted molar refractivity (Wildman–Crippen MR) is 120 cm³/mol. The number of alkyl halides is 3. The number of carbonyl (C=O) groups is 1. The quantitative estimate of drug-likeness (QED) is 0.473. The molecule has 0 fully saturated rings. The molecule has 0 radical (unpaired) electrons. The summed E-state index contributed by atoms with van der Waals surface area (Å²) in [5.41, 5.74) is 7.34. The molecule has 0 saturated heterocycles. The highest BCUT2D eigenvalue weighted by molar-refractivity contribution is 5.79. The Morgan fingerprint density at radius 1 is 0.906 bits per heavy atom. The molecule has 0 heterocycles. The lowest BCUT2D eigenvalue weighted by Crippen LogP contribution is -2.22. The zero-order valence-electron chi connectivity index (χ0n) is 18.0. The fourth-order valence-electron chi connectivity index (χ4n) is 2.92. The molecule has 32 heavy (non-hydrogen) atoms. The maximum atomic E-state index is 12.6. The van der Waals surface area contributed by atoms with Gasteiger partial charge in [0.1, 0.15) is 0 Å². The van der Waals surface area contributed by atoms with Crippen LogP contribution >= 0.6 is 0 Å². The first-order valence-corrected chi connectivity index (χ1v) is 10.1. The minimum absolute atomic E-state index is 0.159. The van der Waals surface area contributed by atoms with Crippen molar-refractivity contribution in [2.45, 2.75) is 25.1 Å². The van der Waals surface area contributed by atoms with Gasteiger partial charge in [-0.25, -0.2) is 0 Å². The van der Waals surface area contributed by atoms with Crippen LogP contribution in [0.25, 0.3) is 0 Å². The molecule has 0 aliphatic heterocycles. The first-order valence-electron chi connectivity index (χ1n) is 10.1. The van der Waals surface area contributed by atoms with Crippen molar-refractivity contribution in [2.24, 2.45) is 5.73 Å².